The molecule has 0 heterocycles. The molecule has 0 saturated carbocycles. The number of rotatable bonds is 5. The second-order valence-electron chi connectivity index (χ2n) is 3.66. The van der Waals surface area contributed by atoms with Crippen molar-refractivity contribution in [1.29, 1.82) is 0 Å². The molecule has 1 aromatic rings. The maximum atomic E-state index is 12.0. The number of alkyl halides is 1. The molecular formula is C11H14ClNO4S. The predicted molar refractivity (Wildman–Crippen MR) is 68.0 cm³/mol. The molecule has 0 spiro atoms. The average molecular weight is 292 g/mol. The highest BCUT2D eigenvalue weighted by atomic mass is 35.5. The molecule has 0 amide bonds. The van der Waals surface area contributed by atoms with Crippen LogP contribution in [0.3, 0.4) is 0 Å². The standard InChI is InChI=1S/C11H14ClNO4S/c1-8-3-5-9(6-4-8)18(15,16)13-10(7-12)11(14)17-2/h3-6,10,13H,7H2,1-2H3/t10-/m1/s1. The molecule has 7 heteroatoms. The summed E-state index contributed by atoms with van der Waals surface area (Å²) in [5.74, 6) is -0.918. The van der Waals surface area contributed by atoms with Crippen molar-refractivity contribution in [3.05, 3.63) is 29.8 Å². The van der Waals surface area contributed by atoms with Gasteiger partial charge in [-0.3, -0.25) is 4.79 Å². The molecule has 0 aliphatic rings. The molecule has 0 aliphatic heterocycles. The first kappa shape index (κ1) is 14.9. The van der Waals surface area contributed by atoms with E-state index in [1.807, 2.05) is 6.92 Å². The van der Waals surface area contributed by atoms with E-state index in [2.05, 4.69) is 9.46 Å². The zero-order valence-electron chi connectivity index (χ0n) is 10.0. The van der Waals surface area contributed by atoms with E-state index in [9.17, 15) is 13.2 Å². The van der Waals surface area contributed by atoms with Gasteiger partial charge in [-0.2, -0.15) is 4.72 Å². The third-order valence-electron chi connectivity index (χ3n) is 2.27. The Bertz CT molecular complexity index is 512. The van der Waals surface area contributed by atoms with Crippen molar-refractivity contribution in [1.82, 2.24) is 4.72 Å². The van der Waals surface area contributed by atoms with E-state index in [0.717, 1.165) is 5.56 Å². The summed E-state index contributed by atoms with van der Waals surface area (Å²) in [6, 6.07) is 5.16. The molecule has 0 radical (unpaired) electrons. The van der Waals surface area contributed by atoms with Gasteiger partial charge in [-0.25, -0.2) is 8.42 Å². The molecule has 100 valence electrons. The number of carbonyl (C=O) groups excluding carboxylic acids is 1. The van der Waals surface area contributed by atoms with Crippen molar-refractivity contribution in [3.8, 4) is 0 Å². The van der Waals surface area contributed by atoms with E-state index in [0.29, 0.717) is 0 Å². The van der Waals surface area contributed by atoms with E-state index >= 15 is 0 Å². The van der Waals surface area contributed by atoms with Crippen molar-refractivity contribution in [2.45, 2.75) is 17.9 Å². The second-order valence-corrected chi connectivity index (χ2v) is 5.69. The van der Waals surface area contributed by atoms with Crippen LogP contribution in [0.2, 0.25) is 0 Å². The summed E-state index contributed by atoms with van der Waals surface area (Å²) in [5.41, 5.74) is 0.941. The van der Waals surface area contributed by atoms with Crippen LogP contribution < -0.4 is 4.72 Å². The summed E-state index contributed by atoms with van der Waals surface area (Å²) in [6.45, 7) is 1.85. The van der Waals surface area contributed by atoms with Crippen molar-refractivity contribution in [2.75, 3.05) is 13.0 Å². The zero-order chi connectivity index (χ0) is 13.8. The third-order valence-corrected chi connectivity index (χ3v) is 4.06. The molecule has 1 rings (SSSR count). The van der Waals surface area contributed by atoms with E-state index in [1.54, 1.807) is 12.1 Å². The predicted octanol–water partition coefficient (Wildman–Crippen LogP) is 1.05. The number of methoxy groups -OCH3 is 1. The molecule has 0 saturated heterocycles. The minimum Gasteiger partial charge on any atom is -0.468 e. The van der Waals surface area contributed by atoms with Crippen LogP contribution in [-0.2, 0) is 19.6 Å². The summed E-state index contributed by atoms with van der Waals surface area (Å²) < 4.78 is 30.6. The lowest BCUT2D eigenvalue weighted by atomic mass is 10.2. The molecule has 0 aliphatic carbocycles. The van der Waals surface area contributed by atoms with Crippen LogP contribution in [0.15, 0.2) is 29.2 Å². The molecule has 0 unspecified atom stereocenters. The van der Waals surface area contributed by atoms with Gasteiger partial charge in [-0.15, -0.1) is 11.6 Å². The van der Waals surface area contributed by atoms with Crippen molar-refractivity contribution < 1.29 is 17.9 Å². The van der Waals surface area contributed by atoms with Crippen LogP contribution in [0.5, 0.6) is 0 Å². The number of hydrogen-bond donors (Lipinski definition) is 1. The normalized spacial score (nSPS) is 13.1. The van der Waals surface area contributed by atoms with Gasteiger partial charge in [0.1, 0.15) is 6.04 Å². The quantitative estimate of drug-likeness (QED) is 0.650. The topological polar surface area (TPSA) is 72.5 Å². The Kier molecular flexibility index (Phi) is 5.13. The van der Waals surface area contributed by atoms with Crippen molar-refractivity contribution in [2.24, 2.45) is 0 Å². The highest BCUT2D eigenvalue weighted by Crippen LogP contribution is 2.11. The lowest BCUT2D eigenvalue weighted by Crippen LogP contribution is -2.42. The van der Waals surface area contributed by atoms with Gasteiger partial charge in [0, 0.05) is 5.88 Å². The number of carbonyl (C=O) groups is 1. The smallest absolute Gasteiger partial charge is 0.325 e. The van der Waals surface area contributed by atoms with Crippen molar-refractivity contribution >= 4 is 27.6 Å². The molecule has 0 aromatic heterocycles. The summed E-state index contributed by atoms with van der Waals surface area (Å²) in [4.78, 5) is 11.3. The van der Waals surface area contributed by atoms with Crippen LogP contribution in [0.4, 0.5) is 0 Å². The molecular weight excluding hydrogens is 278 g/mol. The highest BCUT2D eigenvalue weighted by molar-refractivity contribution is 7.89. The van der Waals surface area contributed by atoms with Gasteiger partial charge in [0.15, 0.2) is 0 Å². The number of sulfonamides is 1. The lowest BCUT2D eigenvalue weighted by Gasteiger charge is -2.14. The van der Waals surface area contributed by atoms with E-state index in [-0.39, 0.29) is 10.8 Å². The Hall–Kier alpha value is -1.11. The number of hydrogen-bond acceptors (Lipinski definition) is 4. The molecule has 5 nitrogen and oxygen atoms in total. The van der Waals surface area contributed by atoms with Gasteiger partial charge < -0.3 is 4.74 Å². The van der Waals surface area contributed by atoms with Gasteiger partial charge in [-0.1, -0.05) is 17.7 Å². The fourth-order valence-electron chi connectivity index (χ4n) is 1.26. The Morgan fingerprint density at radius 2 is 1.94 bits per heavy atom. The second kappa shape index (κ2) is 6.17. The highest BCUT2D eigenvalue weighted by Gasteiger charge is 2.25. The molecule has 1 N–H and O–H groups in total. The number of ether oxygens (including phenoxy) is 1. The average Bonchev–Trinajstić information content (AvgIpc) is 2.35. The summed E-state index contributed by atoms with van der Waals surface area (Å²) >= 11 is 5.53. The fraction of sp³-hybridized carbons (Fsp3) is 0.364. The van der Waals surface area contributed by atoms with Gasteiger partial charge in [-0.05, 0) is 19.1 Å². The van der Waals surface area contributed by atoms with Gasteiger partial charge in [0.05, 0.1) is 12.0 Å². The monoisotopic (exact) mass is 291 g/mol. The Labute approximate surface area is 111 Å². The van der Waals surface area contributed by atoms with E-state index in [4.69, 9.17) is 11.6 Å². The van der Waals surface area contributed by atoms with Gasteiger partial charge in [0.2, 0.25) is 10.0 Å². The minimum atomic E-state index is -3.78. The number of nitrogens with one attached hydrogen (secondary N) is 1. The molecule has 0 bridgehead atoms. The maximum Gasteiger partial charge on any atom is 0.325 e. The summed E-state index contributed by atoms with van der Waals surface area (Å²) in [6.07, 6.45) is 0. The van der Waals surface area contributed by atoms with E-state index < -0.39 is 22.0 Å². The SMILES string of the molecule is COC(=O)[C@@H](CCl)NS(=O)(=O)c1ccc(C)cc1. The Morgan fingerprint density at radius 1 is 1.39 bits per heavy atom. The molecule has 1 atom stereocenters. The summed E-state index contributed by atoms with van der Waals surface area (Å²) in [7, 11) is -2.61. The fourth-order valence-corrected chi connectivity index (χ4v) is 2.74. The third kappa shape index (κ3) is 3.69. The van der Waals surface area contributed by atoms with Crippen LogP contribution in [0, 0.1) is 6.92 Å². The molecule has 0 fully saturated rings. The van der Waals surface area contributed by atoms with Gasteiger partial charge in [0.25, 0.3) is 0 Å². The Morgan fingerprint density at radius 3 is 2.39 bits per heavy atom. The first-order valence-corrected chi connectivity index (χ1v) is 7.15. The van der Waals surface area contributed by atoms with E-state index in [1.165, 1.54) is 19.2 Å². The lowest BCUT2D eigenvalue weighted by molar-refractivity contribution is -0.142. The van der Waals surface area contributed by atoms with Crippen LogP contribution in [-0.4, -0.2) is 33.4 Å². The maximum absolute atomic E-state index is 12.0. The van der Waals surface area contributed by atoms with Crippen molar-refractivity contribution in [3.63, 3.8) is 0 Å². The largest absolute Gasteiger partial charge is 0.468 e. The van der Waals surface area contributed by atoms with Crippen LogP contribution in [0.25, 0.3) is 0 Å². The number of benzene rings is 1. The van der Waals surface area contributed by atoms with Crippen LogP contribution in [0.1, 0.15) is 5.56 Å². The summed E-state index contributed by atoms with van der Waals surface area (Å²) in [5, 5.41) is 0. The minimum absolute atomic E-state index is 0.0760. The number of esters is 1. The van der Waals surface area contributed by atoms with Crippen LogP contribution >= 0.6 is 11.6 Å². The molecule has 1 aromatic carbocycles. The first-order valence-electron chi connectivity index (χ1n) is 5.13. The molecule has 18 heavy (non-hydrogen) atoms. The number of halogens is 1. The number of aryl methyl sites for hydroxylation is 1. The van der Waals surface area contributed by atoms with Gasteiger partial charge >= 0.3 is 5.97 Å². The Balaban J connectivity index is 2.94. The zero-order valence-corrected chi connectivity index (χ0v) is 11.6. The first-order chi connectivity index (χ1) is 8.40.